The number of ketones is 1. The number of ether oxygens (including phenoxy) is 1. The molecule has 0 aliphatic heterocycles. The van der Waals surface area contributed by atoms with Gasteiger partial charge in [-0.05, 0) is 124 Å². The van der Waals surface area contributed by atoms with E-state index in [0.29, 0.717) is 17.5 Å². The van der Waals surface area contributed by atoms with Crippen LogP contribution in [0.25, 0.3) is 11.1 Å². The molecule has 0 saturated carbocycles. The SMILES string of the molecule is CCOC(=O)C[C@H](CC(=O)C(CC(C)C)n1cc(CCN(C)C)c(C)cc1=O)c1cc(-c2c(C)cccc2C)cc(C)c1F. The van der Waals surface area contributed by atoms with Crippen LogP contribution >= 0.6 is 0 Å². The van der Waals surface area contributed by atoms with Gasteiger partial charge in [-0.3, -0.25) is 14.4 Å². The quantitative estimate of drug-likeness (QED) is 0.181. The van der Waals surface area contributed by atoms with Gasteiger partial charge in [-0.1, -0.05) is 32.0 Å². The van der Waals surface area contributed by atoms with E-state index in [2.05, 4.69) is 4.90 Å². The summed E-state index contributed by atoms with van der Waals surface area (Å²) in [5.74, 6) is -1.75. The number of benzene rings is 2. The molecule has 1 aromatic heterocycles. The highest BCUT2D eigenvalue weighted by atomic mass is 19.1. The Kier molecular flexibility index (Phi) is 12.2. The summed E-state index contributed by atoms with van der Waals surface area (Å²) in [7, 11) is 3.99. The summed E-state index contributed by atoms with van der Waals surface area (Å²) in [4.78, 5) is 42.5. The molecule has 0 saturated heterocycles. The normalized spacial score (nSPS) is 12.9. The third kappa shape index (κ3) is 8.75. The lowest BCUT2D eigenvalue weighted by Gasteiger charge is -2.25. The highest BCUT2D eigenvalue weighted by Crippen LogP contribution is 2.36. The van der Waals surface area contributed by atoms with Crippen LogP contribution in [0, 0.1) is 39.4 Å². The number of likely N-dealkylation sites (N-methyl/N-ethyl adjacent to an activating group) is 1. The van der Waals surface area contributed by atoms with Crippen molar-refractivity contribution >= 4 is 11.8 Å². The van der Waals surface area contributed by atoms with E-state index in [1.54, 1.807) is 30.5 Å². The van der Waals surface area contributed by atoms with E-state index in [0.717, 1.165) is 46.3 Å². The highest BCUT2D eigenvalue weighted by molar-refractivity contribution is 5.84. The molecule has 6 nitrogen and oxygen atoms in total. The van der Waals surface area contributed by atoms with Crippen LogP contribution in [-0.4, -0.2) is 48.5 Å². The zero-order valence-electron chi connectivity index (χ0n) is 27.9. The number of esters is 1. The van der Waals surface area contributed by atoms with Crippen LogP contribution in [0.1, 0.15) is 85.4 Å². The number of carbonyl (C=O) groups excluding carboxylic acids is 2. The number of nitrogens with zero attached hydrogens (tertiary/aromatic N) is 2. The molecule has 0 N–H and O–H groups in total. The second kappa shape index (κ2) is 15.4. The molecule has 1 unspecified atom stereocenters. The number of Topliss-reactive ketones (excluding diaryl/α,β-unsaturated/α-hetero) is 1. The molecule has 7 heteroatoms. The summed E-state index contributed by atoms with van der Waals surface area (Å²) in [6.45, 7) is 14.4. The lowest BCUT2D eigenvalue weighted by atomic mass is 9.84. The van der Waals surface area contributed by atoms with Gasteiger partial charge in [0.1, 0.15) is 5.82 Å². The Hall–Kier alpha value is -3.58. The molecule has 3 aromatic rings. The van der Waals surface area contributed by atoms with Crippen molar-refractivity contribution in [2.24, 2.45) is 5.92 Å². The highest BCUT2D eigenvalue weighted by Gasteiger charge is 2.30. The van der Waals surface area contributed by atoms with E-state index < -0.39 is 23.7 Å². The van der Waals surface area contributed by atoms with E-state index in [1.807, 2.05) is 79.2 Å². The average molecular weight is 605 g/mol. The van der Waals surface area contributed by atoms with Gasteiger partial charge in [-0.2, -0.15) is 0 Å². The smallest absolute Gasteiger partial charge is 0.306 e. The molecule has 238 valence electrons. The molecule has 3 rings (SSSR count). The van der Waals surface area contributed by atoms with Gasteiger partial charge in [0, 0.05) is 31.1 Å². The number of aryl methyl sites for hydroxylation is 4. The largest absolute Gasteiger partial charge is 0.466 e. The van der Waals surface area contributed by atoms with Gasteiger partial charge >= 0.3 is 5.97 Å². The van der Waals surface area contributed by atoms with Crippen LogP contribution in [0.5, 0.6) is 0 Å². The van der Waals surface area contributed by atoms with E-state index >= 15 is 4.39 Å². The fraction of sp³-hybridized carbons (Fsp3) is 0.486. The summed E-state index contributed by atoms with van der Waals surface area (Å²) in [5.41, 5.74) is 6.38. The van der Waals surface area contributed by atoms with E-state index in [1.165, 1.54) is 0 Å². The van der Waals surface area contributed by atoms with Crippen molar-refractivity contribution in [1.82, 2.24) is 9.47 Å². The van der Waals surface area contributed by atoms with Crippen molar-refractivity contribution in [2.75, 3.05) is 27.2 Å². The topological polar surface area (TPSA) is 68.6 Å². The van der Waals surface area contributed by atoms with Crippen molar-refractivity contribution < 1.29 is 18.7 Å². The van der Waals surface area contributed by atoms with Crippen molar-refractivity contribution in [3.63, 3.8) is 0 Å². The lowest BCUT2D eigenvalue weighted by Crippen LogP contribution is -2.32. The van der Waals surface area contributed by atoms with Gasteiger partial charge in [0.2, 0.25) is 0 Å². The van der Waals surface area contributed by atoms with Crippen LogP contribution < -0.4 is 5.56 Å². The molecule has 0 aliphatic rings. The molecule has 0 spiro atoms. The summed E-state index contributed by atoms with van der Waals surface area (Å²) in [5, 5.41) is 0. The Balaban J connectivity index is 2.12. The molecular formula is C37H49FN2O4. The predicted octanol–water partition coefficient (Wildman–Crippen LogP) is 7.28. The van der Waals surface area contributed by atoms with Gasteiger partial charge in [0.05, 0.1) is 19.1 Å². The first kappa shape index (κ1) is 34.9. The van der Waals surface area contributed by atoms with Crippen LogP contribution in [0.3, 0.4) is 0 Å². The monoisotopic (exact) mass is 604 g/mol. The predicted molar refractivity (Wildman–Crippen MR) is 176 cm³/mol. The van der Waals surface area contributed by atoms with Crippen molar-refractivity contribution in [1.29, 1.82) is 0 Å². The first-order valence-electron chi connectivity index (χ1n) is 15.6. The van der Waals surface area contributed by atoms with Crippen LogP contribution in [-0.2, 0) is 20.7 Å². The Labute approximate surface area is 262 Å². The number of pyridine rings is 1. The molecule has 1 heterocycles. The van der Waals surface area contributed by atoms with E-state index in [4.69, 9.17) is 4.74 Å². The molecule has 0 radical (unpaired) electrons. The minimum Gasteiger partial charge on any atom is -0.466 e. The maximum absolute atomic E-state index is 16.0. The molecule has 0 fully saturated rings. The molecule has 2 atom stereocenters. The van der Waals surface area contributed by atoms with Gasteiger partial charge in [0.25, 0.3) is 5.56 Å². The molecule has 0 amide bonds. The van der Waals surface area contributed by atoms with Gasteiger partial charge in [-0.25, -0.2) is 4.39 Å². The van der Waals surface area contributed by atoms with Crippen LogP contribution in [0.2, 0.25) is 0 Å². The molecular weight excluding hydrogens is 555 g/mol. The Morgan fingerprint density at radius 2 is 1.61 bits per heavy atom. The lowest BCUT2D eigenvalue weighted by molar-refractivity contribution is -0.143. The first-order chi connectivity index (χ1) is 20.7. The Morgan fingerprint density at radius 3 is 2.20 bits per heavy atom. The number of carbonyl (C=O) groups is 2. The fourth-order valence-corrected chi connectivity index (χ4v) is 5.98. The second-order valence-electron chi connectivity index (χ2n) is 12.8. The third-order valence-electron chi connectivity index (χ3n) is 8.28. The summed E-state index contributed by atoms with van der Waals surface area (Å²) in [6, 6.07) is 10.5. The average Bonchev–Trinajstić information content (AvgIpc) is 2.92. The van der Waals surface area contributed by atoms with Crippen molar-refractivity contribution in [3.8, 4) is 11.1 Å². The summed E-state index contributed by atoms with van der Waals surface area (Å²) < 4.78 is 22.8. The third-order valence-corrected chi connectivity index (χ3v) is 8.28. The minimum atomic E-state index is -0.756. The van der Waals surface area contributed by atoms with Gasteiger partial charge < -0.3 is 14.2 Å². The molecule has 0 aliphatic carbocycles. The maximum Gasteiger partial charge on any atom is 0.306 e. The molecule has 44 heavy (non-hydrogen) atoms. The molecule has 2 aromatic carbocycles. The number of hydrogen-bond acceptors (Lipinski definition) is 5. The van der Waals surface area contributed by atoms with Crippen molar-refractivity contribution in [3.05, 3.63) is 92.1 Å². The number of rotatable bonds is 14. The number of halogens is 1. The van der Waals surface area contributed by atoms with E-state index in [9.17, 15) is 14.4 Å². The molecule has 0 bridgehead atoms. The van der Waals surface area contributed by atoms with Gasteiger partial charge in [0.15, 0.2) is 5.78 Å². The fourth-order valence-electron chi connectivity index (χ4n) is 5.98. The standard InChI is InChI=1S/C37H49FN2O4/c1-10-44-35(43)21-29(31-19-30(17-27(7)37(31)38)36-24(4)12-11-13-25(36)5)20-33(41)32(16-23(2)3)40-22-28(14-15-39(8)9)26(6)18-34(40)42/h11-13,17-19,22-23,29,32H,10,14-16,20-21H2,1-9H3/t29-,32?/m0/s1. The van der Waals surface area contributed by atoms with E-state index in [-0.39, 0.29) is 36.7 Å². The number of hydrogen-bond donors (Lipinski definition) is 0. The first-order valence-corrected chi connectivity index (χ1v) is 15.6. The summed E-state index contributed by atoms with van der Waals surface area (Å²) >= 11 is 0. The second-order valence-corrected chi connectivity index (χ2v) is 12.8. The summed E-state index contributed by atoms with van der Waals surface area (Å²) in [6.07, 6.45) is 2.76. The van der Waals surface area contributed by atoms with Gasteiger partial charge in [-0.15, -0.1) is 0 Å². The Morgan fingerprint density at radius 1 is 0.955 bits per heavy atom. The zero-order valence-corrected chi connectivity index (χ0v) is 27.9. The minimum absolute atomic E-state index is 0.101. The Bertz CT molecular complexity index is 1520. The maximum atomic E-state index is 16.0. The number of aromatic nitrogens is 1. The zero-order chi connectivity index (χ0) is 32.7. The van der Waals surface area contributed by atoms with Crippen molar-refractivity contribution in [2.45, 2.75) is 86.1 Å². The van der Waals surface area contributed by atoms with Crippen LogP contribution in [0.15, 0.2) is 47.4 Å². The van der Waals surface area contributed by atoms with Crippen LogP contribution in [0.4, 0.5) is 4.39 Å².